The van der Waals surface area contributed by atoms with Crippen LogP contribution in [0.1, 0.15) is 35.9 Å². The average molecular weight is 235 g/mol. The second-order valence-corrected chi connectivity index (χ2v) is 4.38. The Balaban J connectivity index is 2.34. The zero-order valence-electron chi connectivity index (χ0n) is 10.2. The lowest BCUT2D eigenvalue weighted by molar-refractivity contribution is 0.111. The first-order valence-corrected chi connectivity index (χ1v) is 5.87. The van der Waals surface area contributed by atoms with Crippen molar-refractivity contribution in [3.8, 4) is 0 Å². The zero-order chi connectivity index (χ0) is 12.3. The molecule has 1 aliphatic heterocycles. The van der Waals surface area contributed by atoms with Gasteiger partial charge in [-0.25, -0.2) is 9.97 Å². The van der Waals surface area contributed by atoms with Crippen LogP contribution in [0.5, 0.6) is 0 Å². The number of aromatic nitrogens is 2. The molecule has 0 aliphatic carbocycles. The summed E-state index contributed by atoms with van der Waals surface area (Å²) in [5.41, 5.74) is 0.552. The van der Waals surface area contributed by atoms with Crippen molar-refractivity contribution in [1.82, 2.24) is 9.97 Å². The molecule has 1 aliphatic rings. The molecule has 0 radical (unpaired) electrons. The van der Waals surface area contributed by atoms with E-state index in [4.69, 9.17) is 4.74 Å². The molecule has 0 atom stereocenters. The maximum Gasteiger partial charge on any atom is 0.155 e. The van der Waals surface area contributed by atoms with Crippen molar-refractivity contribution >= 4 is 12.1 Å². The zero-order valence-corrected chi connectivity index (χ0v) is 10.2. The smallest absolute Gasteiger partial charge is 0.155 e. The molecule has 1 aromatic heterocycles. The van der Waals surface area contributed by atoms with Crippen LogP contribution in [0.15, 0.2) is 6.20 Å². The van der Waals surface area contributed by atoms with Gasteiger partial charge in [0, 0.05) is 25.2 Å². The Bertz CT molecular complexity index is 401. The van der Waals surface area contributed by atoms with Crippen LogP contribution in [0.3, 0.4) is 0 Å². The lowest BCUT2D eigenvalue weighted by atomic mass is 10.2. The molecule has 0 unspecified atom stereocenters. The first-order chi connectivity index (χ1) is 8.22. The van der Waals surface area contributed by atoms with Crippen molar-refractivity contribution in [3.63, 3.8) is 0 Å². The molecule has 2 heterocycles. The Morgan fingerprint density at radius 1 is 1.41 bits per heavy atom. The van der Waals surface area contributed by atoms with E-state index in [2.05, 4.69) is 14.9 Å². The fourth-order valence-corrected chi connectivity index (χ4v) is 1.79. The van der Waals surface area contributed by atoms with Crippen LogP contribution in [0.4, 0.5) is 5.82 Å². The van der Waals surface area contributed by atoms with Crippen LogP contribution in [-0.2, 0) is 4.74 Å². The van der Waals surface area contributed by atoms with Crippen molar-refractivity contribution < 1.29 is 9.53 Å². The molecule has 0 saturated carbocycles. The summed E-state index contributed by atoms with van der Waals surface area (Å²) in [6.45, 7) is 6.99. The lowest BCUT2D eigenvalue weighted by Crippen LogP contribution is -2.37. The number of aldehydes is 1. The minimum atomic E-state index is 0.260. The van der Waals surface area contributed by atoms with Crippen LogP contribution in [0.25, 0.3) is 0 Å². The summed E-state index contributed by atoms with van der Waals surface area (Å²) in [5.74, 6) is 1.77. The highest BCUT2D eigenvalue weighted by molar-refractivity contribution is 5.82. The van der Waals surface area contributed by atoms with E-state index in [-0.39, 0.29) is 5.92 Å². The summed E-state index contributed by atoms with van der Waals surface area (Å²) < 4.78 is 5.30. The molecule has 0 amide bonds. The van der Waals surface area contributed by atoms with E-state index in [9.17, 15) is 4.79 Å². The van der Waals surface area contributed by atoms with Crippen molar-refractivity contribution in [1.29, 1.82) is 0 Å². The molecular weight excluding hydrogens is 218 g/mol. The highest BCUT2D eigenvalue weighted by atomic mass is 16.5. The monoisotopic (exact) mass is 235 g/mol. The number of carbonyl (C=O) groups excluding carboxylic acids is 1. The first kappa shape index (κ1) is 12.0. The number of hydrogen-bond donors (Lipinski definition) is 0. The maximum absolute atomic E-state index is 11.0. The molecule has 5 nitrogen and oxygen atoms in total. The third kappa shape index (κ3) is 2.61. The number of hydrogen-bond acceptors (Lipinski definition) is 5. The topological polar surface area (TPSA) is 55.3 Å². The quantitative estimate of drug-likeness (QED) is 0.738. The average Bonchev–Trinajstić information content (AvgIpc) is 2.39. The van der Waals surface area contributed by atoms with Gasteiger partial charge in [0.1, 0.15) is 11.6 Å². The molecule has 0 spiro atoms. The summed E-state index contributed by atoms with van der Waals surface area (Å²) in [5, 5.41) is 0. The van der Waals surface area contributed by atoms with Crippen LogP contribution in [0.2, 0.25) is 0 Å². The molecule has 1 aromatic rings. The number of morpholine rings is 1. The second kappa shape index (κ2) is 5.23. The van der Waals surface area contributed by atoms with Crippen LogP contribution >= 0.6 is 0 Å². The van der Waals surface area contributed by atoms with E-state index >= 15 is 0 Å². The van der Waals surface area contributed by atoms with Crippen molar-refractivity contribution in [2.75, 3.05) is 31.2 Å². The standard InChI is InChI=1S/C12H17N3O2/c1-9(2)11-13-7-10(8-16)12(14-11)15-3-5-17-6-4-15/h7-9H,3-6H2,1-2H3. The van der Waals surface area contributed by atoms with Gasteiger partial charge < -0.3 is 9.64 Å². The van der Waals surface area contributed by atoms with Gasteiger partial charge in [-0.1, -0.05) is 13.8 Å². The van der Waals surface area contributed by atoms with E-state index in [1.165, 1.54) is 0 Å². The highest BCUT2D eigenvalue weighted by Crippen LogP contribution is 2.19. The predicted octanol–water partition coefficient (Wildman–Crippen LogP) is 1.25. The number of nitrogens with zero attached hydrogens (tertiary/aromatic N) is 3. The van der Waals surface area contributed by atoms with Gasteiger partial charge in [-0.05, 0) is 0 Å². The SMILES string of the molecule is CC(C)c1ncc(C=O)c(N2CCOCC2)n1. The van der Waals surface area contributed by atoms with E-state index in [1.54, 1.807) is 6.20 Å². The summed E-state index contributed by atoms with van der Waals surface area (Å²) in [6, 6.07) is 0. The van der Waals surface area contributed by atoms with Gasteiger partial charge in [-0.15, -0.1) is 0 Å². The molecule has 92 valence electrons. The molecule has 2 rings (SSSR count). The Morgan fingerprint density at radius 3 is 2.71 bits per heavy atom. The molecule has 0 N–H and O–H groups in total. The fourth-order valence-electron chi connectivity index (χ4n) is 1.79. The van der Waals surface area contributed by atoms with Crippen LogP contribution in [0, 0.1) is 0 Å². The Labute approximate surface area is 101 Å². The molecule has 1 saturated heterocycles. The fraction of sp³-hybridized carbons (Fsp3) is 0.583. The Kier molecular flexibility index (Phi) is 3.68. The summed E-state index contributed by atoms with van der Waals surface area (Å²) in [6.07, 6.45) is 2.43. The number of ether oxygens (including phenoxy) is 1. The van der Waals surface area contributed by atoms with E-state index in [0.29, 0.717) is 18.8 Å². The normalized spacial score (nSPS) is 16.3. The van der Waals surface area contributed by atoms with Crippen molar-refractivity contribution in [3.05, 3.63) is 17.6 Å². The van der Waals surface area contributed by atoms with E-state index in [0.717, 1.165) is 31.0 Å². The summed E-state index contributed by atoms with van der Waals surface area (Å²) in [7, 11) is 0. The van der Waals surface area contributed by atoms with Gasteiger partial charge in [0.15, 0.2) is 6.29 Å². The van der Waals surface area contributed by atoms with Crippen molar-refractivity contribution in [2.24, 2.45) is 0 Å². The summed E-state index contributed by atoms with van der Waals surface area (Å²) >= 11 is 0. The van der Waals surface area contributed by atoms with Crippen LogP contribution in [-0.4, -0.2) is 42.6 Å². The van der Waals surface area contributed by atoms with Gasteiger partial charge in [0.25, 0.3) is 0 Å². The number of anilines is 1. The minimum absolute atomic E-state index is 0.260. The predicted molar refractivity (Wildman–Crippen MR) is 64.5 cm³/mol. The molecule has 0 bridgehead atoms. The Morgan fingerprint density at radius 2 is 2.12 bits per heavy atom. The van der Waals surface area contributed by atoms with Gasteiger partial charge in [0.05, 0.1) is 18.8 Å². The van der Waals surface area contributed by atoms with Gasteiger partial charge in [0.2, 0.25) is 0 Å². The van der Waals surface area contributed by atoms with Gasteiger partial charge >= 0.3 is 0 Å². The largest absolute Gasteiger partial charge is 0.378 e. The number of rotatable bonds is 3. The molecule has 1 fully saturated rings. The molecular formula is C12H17N3O2. The molecule has 5 heteroatoms. The first-order valence-electron chi connectivity index (χ1n) is 5.87. The van der Waals surface area contributed by atoms with E-state index < -0.39 is 0 Å². The highest BCUT2D eigenvalue weighted by Gasteiger charge is 2.17. The Hall–Kier alpha value is -1.49. The third-order valence-electron chi connectivity index (χ3n) is 2.77. The lowest BCUT2D eigenvalue weighted by Gasteiger charge is -2.28. The van der Waals surface area contributed by atoms with E-state index in [1.807, 2.05) is 13.8 Å². The second-order valence-electron chi connectivity index (χ2n) is 4.38. The van der Waals surface area contributed by atoms with Gasteiger partial charge in [-0.2, -0.15) is 0 Å². The minimum Gasteiger partial charge on any atom is -0.378 e. The summed E-state index contributed by atoms with van der Waals surface area (Å²) in [4.78, 5) is 21.8. The van der Waals surface area contributed by atoms with Gasteiger partial charge in [-0.3, -0.25) is 4.79 Å². The third-order valence-corrected chi connectivity index (χ3v) is 2.77. The van der Waals surface area contributed by atoms with Crippen molar-refractivity contribution in [2.45, 2.75) is 19.8 Å². The maximum atomic E-state index is 11.0. The van der Waals surface area contributed by atoms with Crippen LogP contribution < -0.4 is 4.90 Å². The molecule has 0 aromatic carbocycles. The molecule has 17 heavy (non-hydrogen) atoms. The number of carbonyl (C=O) groups is 1.